The number of aliphatic imine (C=N–C) groups is 1. The highest BCUT2D eigenvalue weighted by atomic mass is 16.1. The van der Waals surface area contributed by atoms with E-state index in [4.69, 9.17) is 0 Å². The Kier molecular flexibility index (Phi) is 6.03. The van der Waals surface area contributed by atoms with E-state index in [1.807, 2.05) is 69.2 Å². The van der Waals surface area contributed by atoms with Crippen LogP contribution >= 0.6 is 0 Å². The molecule has 0 spiro atoms. The van der Waals surface area contributed by atoms with Crippen LogP contribution in [-0.2, 0) is 6.54 Å². The summed E-state index contributed by atoms with van der Waals surface area (Å²) in [5.41, 5.74) is 1.70. The first-order valence-electron chi connectivity index (χ1n) is 6.72. The van der Waals surface area contributed by atoms with Crippen LogP contribution in [0, 0.1) is 0 Å². The quantitative estimate of drug-likeness (QED) is 0.668. The van der Waals surface area contributed by atoms with E-state index < -0.39 is 0 Å². The summed E-state index contributed by atoms with van der Waals surface area (Å²) in [6, 6.07) is 7.57. The molecule has 5 heteroatoms. The van der Waals surface area contributed by atoms with Crippen LogP contribution in [0.5, 0.6) is 0 Å². The third-order valence-corrected chi connectivity index (χ3v) is 2.73. The molecule has 20 heavy (non-hydrogen) atoms. The summed E-state index contributed by atoms with van der Waals surface area (Å²) in [6.07, 6.45) is 0. The molecule has 1 aromatic rings. The average molecular weight is 276 g/mol. The summed E-state index contributed by atoms with van der Waals surface area (Å²) in [7, 11) is 7.85. The first kappa shape index (κ1) is 16.0. The fraction of sp³-hybridized carbons (Fsp3) is 0.467. The van der Waals surface area contributed by atoms with E-state index in [0.29, 0.717) is 18.7 Å². The van der Waals surface area contributed by atoms with Crippen molar-refractivity contribution in [1.29, 1.82) is 0 Å². The summed E-state index contributed by atoms with van der Waals surface area (Å²) < 4.78 is 0. The van der Waals surface area contributed by atoms with Crippen LogP contribution in [-0.4, -0.2) is 56.4 Å². The van der Waals surface area contributed by atoms with Crippen molar-refractivity contribution in [3.63, 3.8) is 0 Å². The molecule has 1 aromatic carbocycles. The number of rotatable bonds is 4. The van der Waals surface area contributed by atoms with Gasteiger partial charge >= 0.3 is 0 Å². The van der Waals surface area contributed by atoms with Gasteiger partial charge in [0.15, 0.2) is 5.96 Å². The zero-order valence-corrected chi connectivity index (χ0v) is 13.0. The number of hydrogen-bond acceptors (Lipinski definition) is 2. The van der Waals surface area contributed by atoms with Gasteiger partial charge in [0.1, 0.15) is 0 Å². The number of amides is 1. The molecule has 0 saturated heterocycles. The molecule has 0 fully saturated rings. The number of nitrogens with zero attached hydrogens (tertiary/aromatic N) is 3. The van der Waals surface area contributed by atoms with Gasteiger partial charge in [0, 0.05) is 40.3 Å². The molecular formula is C15H24N4O. The Hall–Kier alpha value is -2.04. The van der Waals surface area contributed by atoms with Crippen LogP contribution in [0.4, 0.5) is 0 Å². The third-order valence-electron chi connectivity index (χ3n) is 2.73. The standard InChI is InChI=1S/C15H24N4O/c1-6-16-14(20)13-9-7-8-12(10-13)11-17-15(18(2)3)19(4)5/h7-10H,6,11H2,1-5H3,(H,16,20). The number of hydrogen-bond donors (Lipinski definition) is 1. The Morgan fingerprint density at radius 3 is 2.40 bits per heavy atom. The van der Waals surface area contributed by atoms with Crippen molar-refractivity contribution in [2.24, 2.45) is 4.99 Å². The first-order chi connectivity index (χ1) is 9.45. The van der Waals surface area contributed by atoms with Gasteiger partial charge in [-0.1, -0.05) is 12.1 Å². The van der Waals surface area contributed by atoms with E-state index in [9.17, 15) is 4.79 Å². The second-order valence-electron chi connectivity index (χ2n) is 4.96. The maximum Gasteiger partial charge on any atom is 0.251 e. The van der Waals surface area contributed by atoms with E-state index in [-0.39, 0.29) is 5.91 Å². The maximum absolute atomic E-state index is 11.8. The minimum Gasteiger partial charge on any atom is -0.352 e. The zero-order valence-electron chi connectivity index (χ0n) is 13.0. The van der Waals surface area contributed by atoms with Gasteiger partial charge < -0.3 is 15.1 Å². The van der Waals surface area contributed by atoms with E-state index >= 15 is 0 Å². The van der Waals surface area contributed by atoms with Gasteiger partial charge in [-0.05, 0) is 24.6 Å². The molecule has 0 aromatic heterocycles. The molecule has 1 N–H and O–H groups in total. The van der Waals surface area contributed by atoms with Crippen molar-refractivity contribution in [3.8, 4) is 0 Å². The monoisotopic (exact) mass is 276 g/mol. The number of carbonyl (C=O) groups is 1. The van der Waals surface area contributed by atoms with Crippen LogP contribution in [0.25, 0.3) is 0 Å². The minimum absolute atomic E-state index is 0.0428. The molecule has 0 atom stereocenters. The second kappa shape index (κ2) is 7.53. The summed E-state index contributed by atoms with van der Waals surface area (Å²) >= 11 is 0. The van der Waals surface area contributed by atoms with Crippen LogP contribution in [0.15, 0.2) is 29.3 Å². The Morgan fingerprint density at radius 1 is 1.20 bits per heavy atom. The smallest absolute Gasteiger partial charge is 0.251 e. The van der Waals surface area contributed by atoms with Crippen LogP contribution in [0.3, 0.4) is 0 Å². The Bertz CT molecular complexity index is 471. The molecular weight excluding hydrogens is 252 g/mol. The van der Waals surface area contributed by atoms with Crippen LogP contribution in [0.2, 0.25) is 0 Å². The van der Waals surface area contributed by atoms with Gasteiger partial charge in [0.05, 0.1) is 6.54 Å². The summed E-state index contributed by atoms with van der Waals surface area (Å²) in [6.45, 7) is 3.10. The topological polar surface area (TPSA) is 47.9 Å². The molecule has 110 valence electrons. The second-order valence-corrected chi connectivity index (χ2v) is 4.96. The van der Waals surface area contributed by atoms with Gasteiger partial charge in [-0.15, -0.1) is 0 Å². The van der Waals surface area contributed by atoms with Gasteiger partial charge in [-0.25, -0.2) is 4.99 Å². The molecule has 0 aliphatic heterocycles. The van der Waals surface area contributed by atoms with E-state index in [1.54, 1.807) is 0 Å². The lowest BCUT2D eigenvalue weighted by Crippen LogP contribution is -2.35. The predicted octanol–water partition coefficient (Wildman–Crippen LogP) is 1.42. The fourth-order valence-corrected chi connectivity index (χ4v) is 1.92. The van der Waals surface area contributed by atoms with Crippen molar-refractivity contribution >= 4 is 11.9 Å². The summed E-state index contributed by atoms with van der Waals surface area (Å²) in [5.74, 6) is 0.854. The molecule has 0 aliphatic carbocycles. The Labute approximate surface area is 121 Å². The number of benzene rings is 1. The number of nitrogens with one attached hydrogen (secondary N) is 1. The highest BCUT2D eigenvalue weighted by Crippen LogP contribution is 2.07. The fourth-order valence-electron chi connectivity index (χ4n) is 1.92. The number of carbonyl (C=O) groups excluding carboxylic acids is 1. The molecule has 1 rings (SSSR count). The molecule has 1 amide bonds. The maximum atomic E-state index is 11.8. The lowest BCUT2D eigenvalue weighted by molar-refractivity contribution is 0.0955. The normalized spacial score (nSPS) is 9.85. The lowest BCUT2D eigenvalue weighted by atomic mass is 10.1. The van der Waals surface area contributed by atoms with Crippen molar-refractivity contribution in [2.45, 2.75) is 13.5 Å². The van der Waals surface area contributed by atoms with Crippen molar-refractivity contribution in [3.05, 3.63) is 35.4 Å². The number of guanidine groups is 1. The van der Waals surface area contributed by atoms with Crippen molar-refractivity contribution in [2.75, 3.05) is 34.7 Å². The zero-order chi connectivity index (χ0) is 15.1. The van der Waals surface area contributed by atoms with Crippen molar-refractivity contribution < 1.29 is 4.79 Å². The van der Waals surface area contributed by atoms with Crippen LogP contribution in [0.1, 0.15) is 22.8 Å². The Morgan fingerprint density at radius 2 is 1.85 bits per heavy atom. The average Bonchev–Trinajstić information content (AvgIpc) is 2.38. The predicted molar refractivity (Wildman–Crippen MR) is 83.0 cm³/mol. The van der Waals surface area contributed by atoms with Gasteiger partial charge in [-0.3, -0.25) is 4.79 Å². The highest BCUT2D eigenvalue weighted by Gasteiger charge is 2.06. The minimum atomic E-state index is -0.0428. The van der Waals surface area contributed by atoms with Gasteiger partial charge in [0.2, 0.25) is 0 Å². The molecule has 0 radical (unpaired) electrons. The lowest BCUT2D eigenvalue weighted by Gasteiger charge is -2.22. The Balaban J connectivity index is 2.85. The summed E-state index contributed by atoms with van der Waals surface area (Å²) in [5, 5.41) is 2.80. The SMILES string of the molecule is CCNC(=O)c1cccc(CN=C(N(C)C)N(C)C)c1. The van der Waals surface area contributed by atoms with Gasteiger partial charge in [0.25, 0.3) is 5.91 Å². The van der Waals surface area contributed by atoms with E-state index in [0.717, 1.165) is 11.5 Å². The highest BCUT2D eigenvalue weighted by molar-refractivity contribution is 5.94. The largest absolute Gasteiger partial charge is 0.352 e. The van der Waals surface area contributed by atoms with Crippen molar-refractivity contribution in [1.82, 2.24) is 15.1 Å². The molecule has 5 nitrogen and oxygen atoms in total. The molecule has 0 unspecified atom stereocenters. The molecule has 0 heterocycles. The third kappa shape index (κ3) is 4.57. The molecule has 0 aliphatic rings. The van der Waals surface area contributed by atoms with E-state index in [1.165, 1.54) is 0 Å². The van der Waals surface area contributed by atoms with E-state index in [2.05, 4.69) is 10.3 Å². The van der Waals surface area contributed by atoms with Crippen LogP contribution < -0.4 is 5.32 Å². The van der Waals surface area contributed by atoms with Gasteiger partial charge in [-0.2, -0.15) is 0 Å². The molecule has 0 saturated carbocycles. The first-order valence-corrected chi connectivity index (χ1v) is 6.72. The molecule has 0 bridgehead atoms. The summed E-state index contributed by atoms with van der Waals surface area (Å²) in [4.78, 5) is 20.3.